The number of carbonyl (C=O) groups is 1. The Morgan fingerprint density at radius 3 is 2.84 bits per heavy atom. The molecule has 0 saturated heterocycles. The Labute approximate surface area is 147 Å². The number of amides is 1. The Hall–Kier alpha value is -3.00. The maximum absolute atomic E-state index is 12.2. The maximum Gasteiger partial charge on any atom is 0.276 e. The molecule has 1 amide bonds. The zero-order valence-electron chi connectivity index (χ0n) is 13.4. The number of aryl methyl sites for hydroxylation is 1. The van der Waals surface area contributed by atoms with Gasteiger partial charge in [0.15, 0.2) is 16.6 Å². The number of aromatic nitrogens is 3. The van der Waals surface area contributed by atoms with E-state index in [0.29, 0.717) is 35.6 Å². The van der Waals surface area contributed by atoms with Crippen LogP contribution in [0.1, 0.15) is 16.3 Å². The van der Waals surface area contributed by atoms with Crippen molar-refractivity contribution < 1.29 is 14.3 Å². The van der Waals surface area contributed by atoms with E-state index in [-0.39, 0.29) is 5.91 Å². The predicted octanol–water partition coefficient (Wildman–Crippen LogP) is 2.93. The number of nitrogens with zero attached hydrogens (tertiary/aromatic N) is 3. The van der Waals surface area contributed by atoms with E-state index in [1.807, 2.05) is 23.6 Å². The molecule has 3 aromatic rings. The molecule has 4 rings (SSSR count). The highest BCUT2D eigenvalue weighted by atomic mass is 32.1. The van der Waals surface area contributed by atoms with E-state index >= 15 is 0 Å². The number of hydrogen-bond donors (Lipinski definition) is 1. The molecule has 0 atom stereocenters. The molecule has 1 aliphatic heterocycles. The summed E-state index contributed by atoms with van der Waals surface area (Å²) >= 11 is 1.35. The summed E-state index contributed by atoms with van der Waals surface area (Å²) in [4.78, 5) is 24.8. The van der Waals surface area contributed by atoms with Crippen molar-refractivity contribution in [3.63, 3.8) is 0 Å². The number of nitrogens with one attached hydrogen (secondary N) is 1. The number of rotatable bonds is 3. The molecule has 0 unspecified atom stereocenters. The van der Waals surface area contributed by atoms with Gasteiger partial charge in [-0.1, -0.05) is 0 Å². The van der Waals surface area contributed by atoms with Crippen LogP contribution in [0.4, 0.5) is 5.13 Å². The number of benzene rings is 1. The second-order valence-corrected chi connectivity index (χ2v) is 6.20. The lowest BCUT2D eigenvalue weighted by atomic mass is 10.1. The van der Waals surface area contributed by atoms with Crippen LogP contribution in [-0.2, 0) is 0 Å². The summed E-state index contributed by atoms with van der Waals surface area (Å²) < 4.78 is 11.1. The van der Waals surface area contributed by atoms with Crippen LogP contribution in [0.3, 0.4) is 0 Å². The van der Waals surface area contributed by atoms with Crippen LogP contribution in [0.15, 0.2) is 35.8 Å². The van der Waals surface area contributed by atoms with Gasteiger partial charge in [-0.2, -0.15) is 0 Å². The molecule has 1 N–H and O–H groups in total. The fourth-order valence-corrected chi connectivity index (χ4v) is 3.12. The van der Waals surface area contributed by atoms with Gasteiger partial charge in [-0.25, -0.2) is 15.0 Å². The molecule has 2 aromatic heterocycles. The van der Waals surface area contributed by atoms with Gasteiger partial charge in [-0.3, -0.25) is 10.1 Å². The third kappa shape index (κ3) is 3.29. The number of anilines is 1. The van der Waals surface area contributed by atoms with Gasteiger partial charge in [0.2, 0.25) is 0 Å². The molecule has 0 bridgehead atoms. The van der Waals surface area contributed by atoms with Gasteiger partial charge in [0.05, 0.1) is 5.69 Å². The molecule has 7 nitrogen and oxygen atoms in total. The van der Waals surface area contributed by atoms with Gasteiger partial charge < -0.3 is 9.47 Å². The summed E-state index contributed by atoms with van der Waals surface area (Å²) in [6, 6.07) is 7.24. The lowest BCUT2D eigenvalue weighted by molar-refractivity contribution is 0.102. The summed E-state index contributed by atoms with van der Waals surface area (Å²) in [6.45, 7) is 2.83. The summed E-state index contributed by atoms with van der Waals surface area (Å²) in [6.07, 6.45) is 1.56. The van der Waals surface area contributed by atoms with E-state index in [1.54, 1.807) is 19.2 Å². The number of fused-ring (bicyclic) bond motifs is 1. The summed E-state index contributed by atoms with van der Waals surface area (Å²) in [5.41, 5.74) is 1.97. The van der Waals surface area contributed by atoms with Crippen molar-refractivity contribution in [3.05, 3.63) is 47.4 Å². The summed E-state index contributed by atoms with van der Waals surface area (Å²) in [7, 11) is 0. The minimum Gasteiger partial charge on any atom is -0.486 e. The third-order valence-corrected chi connectivity index (χ3v) is 4.33. The zero-order chi connectivity index (χ0) is 17.2. The Morgan fingerprint density at radius 2 is 2.00 bits per heavy atom. The van der Waals surface area contributed by atoms with Gasteiger partial charge in [0, 0.05) is 17.1 Å². The molecule has 0 aliphatic carbocycles. The number of carbonyl (C=O) groups excluding carboxylic acids is 1. The first-order chi connectivity index (χ1) is 12.2. The molecular weight excluding hydrogens is 340 g/mol. The second-order valence-electron chi connectivity index (χ2n) is 5.34. The van der Waals surface area contributed by atoms with E-state index in [0.717, 1.165) is 17.0 Å². The van der Waals surface area contributed by atoms with Crippen LogP contribution >= 0.6 is 11.3 Å². The normalized spacial score (nSPS) is 12.7. The van der Waals surface area contributed by atoms with Crippen LogP contribution in [0, 0.1) is 6.92 Å². The molecule has 126 valence electrons. The van der Waals surface area contributed by atoms with Gasteiger partial charge in [0.1, 0.15) is 24.7 Å². The number of hydrogen-bond acceptors (Lipinski definition) is 7. The molecule has 1 aromatic carbocycles. The van der Waals surface area contributed by atoms with Crippen LogP contribution in [0.2, 0.25) is 0 Å². The first kappa shape index (κ1) is 15.5. The van der Waals surface area contributed by atoms with Crippen molar-refractivity contribution in [2.75, 3.05) is 18.5 Å². The molecule has 0 fully saturated rings. The van der Waals surface area contributed by atoms with Crippen LogP contribution in [0.25, 0.3) is 11.3 Å². The number of ether oxygens (including phenoxy) is 2. The summed E-state index contributed by atoms with van der Waals surface area (Å²) in [5, 5.41) is 5.15. The molecule has 8 heteroatoms. The average Bonchev–Trinajstić information content (AvgIpc) is 3.10. The van der Waals surface area contributed by atoms with Crippen molar-refractivity contribution in [1.82, 2.24) is 15.0 Å². The third-order valence-electron chi connectivity index (χ3n) is 3.57. The topological polar surface area (TPSA) is 86.2 Å². The van der Waals surface area contributed by atoms with E-state index < -0.39 is 0 Å². The smallest absolute Gasteiger partial charge is 0.276 e. The molecule has 0 spiro atoms. The summed E-state index contributed by atoms with van der Waals surface area (Å²) in [5.74, 6) is 1.68. The van der Waals surface area contributed by atoms with Gasteiger partial charge in [-0.15, -0.1) is 11.3 Å². The first-order valence-electron chi connectivity index (χ1n) is 7.65. The van der Waals surface area contributed by atoms with Gasteiger partial charge >= 0.3 is 0 Å². The highest BCUT2D eigenvalue weighted by Crippen LogP contribution is 2.35. The van der Waals surface area contributed by atoms with Gasteiger partial charge in [0.25, 0.3) is 5.91 Å². The minimum atomic E-state index is -0.312. The largest absolute Gasteiger partial charge is 0.486 e. The first-order valence-corrected chi connectivity index (χ1v) is 8.53. The molecule has 0 saturated carbocycles. The lowest BCUT2D eigenvalue weighted by Gasteiger charge is -2.18. The second kappa shape index (κ2) is 6.48. The standard InChI is InChI=1S/C17H14N4O3S/c1-10-18-5-4-12(19-10)16(22)21-17-20-13(9-25-17)11-2-3-14-15(8-11)24-7-6-23-14/h2-5,8-9H,6-7H2,1H3,(H,20,21,22). The Morgan fingerprint density at radius 1 is 1.16 bits per heavy atom. The van der Waals surface area contributed by atoms with Crippen LogP contribution < -0.4 is 14.8 Å². The monoisotopic (exact) mass is 354 g/mol. The zero-order valence-corrected chi connectivity index (χ0v) is 14.2. The molecule has 25 heavy (non-hydrogen) atoms. The van der Waals surface area contributed by atoms with E-state index in [1.165, 1.54) is 11.3 Å². The maximum atomic E-state index is 12.2. The SMILES string of the molecule is Cc1nccc(C(=O)Nc2nc(-c3ccc4c(c3)OCCO4)cs2)n1. The number of thiazole rings is 1. The lowest BCUT2D eigenvalue weighted by Crippen LogP contribution is -2.15. The van der Waals surface area contributed by atoms with Crippen molar-refractivity contribution in [1.29, 1.82) is 0 Å². The Balaban J connectivity index is 1.53. The van der Waals surface area contributed by atoms with Crippen molar-refractivity contribution in [2.45, 2.75) is 6.92 Å². The van der Waals surface area contributed by atoms with E-state index in [2.05, 4.69) is 20.3 Å². The Bertz CT molecular complexity index is 941. The molecule has 0 radical (unpaired) electrons. The molecule has 1 aliphatic rings. The minimum absolute atomic E-state index is 0.309. The highest BCUT2D eigenvalue weighted by Gasteiger charge is 2.15. The van der Waals surface area contributed by atoms with Crippen LogP contribution in [0.5, 0.6) is 11.5 Å². The quantitative estimate of drug-likeness (QED) is 0.778. The van der Waals surface area contributed by atoms with E-state index in [4.69, 9.17) is 9.47 Å². The predicted molar refractivity (Wildman–Crippen MR) is 93.3 cm³/mol. The van der Waals surface area contributed by atoms with E-state index in [9.17, 15) is 4.79 Å². The van der Waals surface area contributed by atoms with Crippen molar-refractivity contribution in [2.24, 2.45) is 0 Å². The van der Waals surface area contributed by atoms with Crippen molar-refractivity contribution >= 4 is 22.4 Å². The fraction of sp³-hybridized carbons (Fsp3) is 0.176. The Kier molecular flexibility index (Phi) is 4.02. The highest BCUT2D eigenvalue weighted by molar-refractivity contribution is 7.14. The average molecular weight is 354 g/mol. The molecule has 3 heterocycles. The molecular formula is C17H14N4O3S. The van der Waals surface area contributed by atoms with Crippen molar-refractivity contribution in [3.8, 4) is 22.8 Å². The van der Waals surface area contributed by atoms with Gasteiger partial charge in [-0.05, 0) is 31.2 Å². The fourth-order valence-electron chi connectivity index (χ4n) is 2.41. The van der Waals surface area contributed by atoms with Crippen LogP contribution in [-0.4, -0.2) is 34.1 Å².